The first kappa shape index (κ1) is 19.1. The van der Waals surface area contributed by atoms with Gasteiger partial charge in [-0.3, -0.25) is 14.7 Å². The highest BCUT2D eigenvalue weighted by atomic mass is 16.3. The SMILES string of the molecule is OCCC1CCCCN1CC1CCNCC1N1CCC(N2CCCC2)C1. The molecule has 0 aliphatic carbocycles. The largest absolute Gasteiger partial charge is 0.396 e. The van der Waals surface area contributed by atoms with Crippen LogP contribution in [-0.2, 0) is 0 Å². The molecule has 4 aliphatic rings. The topological polar surface area (TPSA) is 42.0 Å². The Balaban J connectivity index is 1.35. The molecule has 4 rings (SSSR count). The van der Waals surface area contributed by atoms with E-state index in [0.29, 0.717) is 18.7 Å². The molecule has 0 aromatic carbocycles. The van der Waals surface area contributed by atoms with Gasteiger partial charge in [0.05, 0.1) is 0 Å². The second-order valence-corrected chi connectivity index (χ2v) is 9.16. The second-order valence-electron chi connectivity index (χ2n) is 9.16. The van der Waals surface area contributed by atoms with E-state index < -0.39 is 0 Å². The predicted molar refractivity (Wildman–Crippen MR) is 106 cm³/mol. The molecule has 4 fully saturated rings. The van der Waals surface area contributed by atoms with Crippen LogP contribution < -0.4 is 5.32 Å². The van der Waals surface area contributed by atoms with Crippen LogP contribution in [-0.4, -0.2) is 96.9 Å². The summed E-state index contributed by atoms with van der Waals surface area (Å²) < 4.78 is 0. The summed E-state index contributed by atoms with van der Waals surface area (Å²) >= 11 is 0. The normalized spacial score (nSPS) is 38.2. The van der Waals surface area contributed by atoms with E-state index in [1.165, 1.54) is 97.3 Å². The van der Waals surface area contributed by atoms with Crippen molar-refractivity contribution in [2.45, 2.75) is 69.5 Å². The molecule has 4 atom stereocenters. The van der Waals surface area contributed by atoms with Crippen LogP contribution in [0, 0.1) is 5.92 Å². The zero-order valence-electron chi connectivity index (χ0n) is 16.6. The maximum absolute atomic E-state index is 9.45. The first-order valence-electron chi connectivity index (χ1n) is 11.4. The van der Waals surface area contributed by atoms with E-state index in [2.05, 4.69) is 20.0 Å². The van der Waals surface area contributed by atoms with Crippen molar-refractivity contribution >= 4 is 0 Å². The van der Waals surface area contributed by atoms with Crippen molar-refractivity contribution in [2.75, 3.05) is 59.0 Å². The molecule has 0 spiro atoms. The maximum atomic E-state index is 9.45. The fraction of sp³-hybridized carbons (Fsp3) is 1.00. The van der Waals surface area contributed by atoms with E-state index in [1.54, 1.807) is 0 Å². The molecule has 5 nitrogen and oxygen atoms in total. The van der Waals surface area contributed by atoms with E-state index in [9.17, 15) is 5.11 Å². The lowest BCUT2D eigenvalue weighted by atomic mass is 9.89. The van der Waals surface area contributed by atoms with Crippen molar-refractivity contribution in [2.24, 2.45) is 5.92 Å². The zero-order valence-corrected chi connectivity index (χ0v) is 16.6. The molecule has 0 saturated carbocycles. The molecule has 4 saturated heterocycles. The van der Waals surface area contributed by atoms with Crippen LogP contribution in [0.25, 0.3) is 0 Å². The van der Waals surface area contributed by atoms with Crippen molar-refractivity contribution in [1.82, 2.24) is 20.0 Å². The third-order valence-corrected chi connectivity index (χ3v) is 7.59. The first-order valence-corrected chi connectivity index (χ1v) is 11.4. The van der Waals surface area contributed by atoms with Gasteiger partial charge in [-0.2, -0.15) is 0 Å². The fourth-order valence-electron chi connectivity index (χ4n) is 6.09. The number of aliphatic hydroxyl groups is 1. The van der Waals surface area contributed by atoms with Gasteiger partial charge in [-0.25, -0.2) is 0 Å². The number of rotatable bonds is 6. The average Bonchev–Trinajstić information content (AvgIpc) is 3.36. The summed E-state index contributed by atoms with van der Waals surface area (Å²) in [4.78, 5) is 8.31. The minimum Gasteiger partial charge on any atom is -0.396 e. The highest BCUT2D eigenvalue weighted by Crippen LogP contribution is 2.29. The molecule has 4 unspecified atom stereocenters. The van der Waals surface area contributed by atoms with Crippen LogP contribution in [0.3, 0.4) is 0 Å². The van der Waals surface area contributed by atoms with E-state index >= 15 is 0 Å². The number of piperidine rings is 2. The lowest BCUT2D eigenvalue weighted by molar-refractivity contribution is 0.0563. The molecule has 0 radical (unpaired) electrons. The summed E-state index contributed by atoms with van der Waals surface area (Å²) in [6.45, 7) is 10.5. The Morgan fingerprint density at radius 2 is 1.73 bits per heavy atom. The summed E-state index contributed by atoms with van der Waals surface area (Å²) in [5, 5.41) is 13.1. The number of hydrogen-bond donors (Lipinski definition) is 2. The highest BCUT2D eigenvalue weighted by Gasteiger charge is 2.38. The number of likely N-dealkylation sites (tertiary alicyclic amines) is 3. The van der Waals surface area contributed by atoms with Gasteiger partial charge in [0.2, 0.25) is 0 Å². The lowest BCUT2D eigenvalue weighted by Crippen LogP contribution is -2.55. The van der Waals surface area contributed by atoms with Crippen molar-refractivity contribution in [1.29, 1.82) is 0 Å². The van der Waals surface area contributed by atoms with Gasteiger partial charge < -0.3 is 10.4 Å². The van der Waals surface area contributed by atoms with Crippen LogP contribution in [0.15, 0.2) is 0 Å². The molecule has 0 bridgehead atoms. The van der Waals surface area contributed by atoms with Gasteiger partial charge in [-0.1, -0.05) is 6.42 Å². The monoisotopic (exact) mass is 364 g/mol. The molecular formula is C21H40N4O. The van der Waals surface area contributed by atoms with Gasteiger partial charge in [0.15, 0.2) is 0 Å². The quantitative estimate of drug-likeness (QED) is 0.745. The van der Waals surface area contributed by atoms with Gasteiger partial charge >= 0.3 is 0 Å². The molecule has 4 heterocycles. The molecule has 26 heavy (non-hydrogen) atoms. The Labute approximate surface area is 160 Å². The van der Waals surface area contributed by atoms with E-state index in [1.807, 2.05) is 0 Å². The summed E-state index contributed by atoms with van der Waals surface area (Å²) in [5.74, 6) is 0.799. The van der Waals surface area contributed by atoms with Gasteiger partial charge in [0, 0.05) is 50.9 Å². The number of nitrogens with zero attached hydrogens (tertiary/aromatic N) is 3. The molecule has 4 aliphatic heterocycles. The van der Waals surface area contributed by atoms with E-state index in [0.717, 1.165) is 18.4 Å². The van der Waals surface area contributed by atoms with Gasteiger partial charge in [0.25, 0.3) is 0 Å². The second kappa shape index (κ2) is 9.33. The Bertz CT molecular complexity index is 426. The van der Waals surface area contributed by atoms with Gasteiger partial charge in [-0.15, -0.1) is 0 Å². The third kappa shape index (κ3) is 4.44. The highest BCUT2D eigenvalue weighted by molar-refractivity contribution is 4.95. The van der Waals surface area contributed by atoms with Crippen LogP contribution in [0.4, 0.5) is 0 Å². The Kier molecular flexibility index (Phi) is 6.87. The standard InChI is InChI=1S/C21H40N4O/c26-14-8-19-5-1-2-12-24(19)16-18-6-9-22-15-21(18)25-13-7-20(17-25)23-10-3-4-11-23/h18-22,26H,1-17H2. The number of nitrogens with one attached hydrogen (secondary N) is 1. The van der Waals surface area contributed by atoms with Crippen molar-refractivity contribution in [3.05, 3.63) is 0 Å². The Hall–Kier alpha value is -0.200. The number of hydrogen-bond acceptors (Lipinski definition) is 5. The minimum atomic E-state index is 0.348. The average molecular weight is 365 g/mol. The van der Waals surface area contributed by atoms with Crippen molar-refractivity contribution in [3.8, 4) is 0 Å². The molecule has 0 amide bonds. The predicted octanol–water partition coefficient (Wildman–Crippen LogP) is 1.37. The fourth-order valence-corrected chi connectivity index (χ4v) is 6.09. The van der Waals surface area contributed by atoms with Crippen LogP contribution in [0.1, 0.15) is 51.4 Å². The van der Waals surface area contributed by atoms with Crippen LogP contribution in [0.2, 0.25) is 0 Å². The Morgan fingerprint density at radius 1 is 0.885 bits per heavy atom. The lowest BCUT2D eigenvalue weighted by Gasteiger charge is -2.44. The summed E-state index contributed by atoms with van der Waals surface area (Å²) in [7, 11) is 0. The third-order valence-electron chi connectivity index (χ3n) is 7.59. The van der Waals surface area contributed by atoms with Crippen molar-refractivity contribution in [3.63, 3.8) is 0 Å². The van der Waals surface area contributed by atoms with Crippen molar-refractivity contribution < 1.29 is 5.11 Å². The zero-order chi connectivity index (χ0) is 17.8. The van der Waals surface area contributed by atoms with Gasteiger partial charge in [-0.05, 0) is 77.0 Å². The van der Waals surface area contributed by atoms with E-state index in [-0.39, 0.29) is 0 Å². The summed E-state index contributed by atoms with van der Waals surface area (Å²) in [6.07, 6.45) is 10.5. The van der Waals surface area contributed by atoms with E-state index in [4.69, 9.17) is 0 Å². The molecule has 0 aromatic rings. The molecule has 2 N–H and O–H groups in total. The molecule has 5 heteroatoms. The summed E-state index contributed by atoms with van der Waals surface area (Å²) in [6, 6.07) is 2.16. The maximum Gasteiger partial charge on any atom is 0.0445 e. The van der Waals surface area contributed by atoms with Gasteiger partial charge in [0.1, 0.15) is 0 Å². The minimum absolute atomic E-state index is 0.348. The van der Waals surface area contributed by atoms with Crippen LogP contribution in [0.5, 0.6) is 0 Å². The smallest absolute Gasteiger partial charge is 0.0445 e. The van der Waals surface area contributed by atoms with Crippen LogP contribution >= 0.6 is 0 Å². The Morgan fingerprint density at radius 3 is 2.58 bits per heavy atom. The number of aliphatic hydroxyl groups excluding tert-OH is 1. The summed E-state index contributed by atoms with van der Waals surface area (Å²) in [5.41, 5.74) is 0. The first-order chi connectivity index (χ1) is 12.8. The molecule has 0 aromatic heterocycles. The molecular weight excluding hydrogens is 324 g/mol. The molecule has 150 valence electrons.